The van der Waals surface area contributed by atoms with Crippen molar-refractivity contribution in [3.05, 3.63) is 54.2 Å². The summed E-state index contributed by atoms with van der Waals surface area (Å²) in [6, 6.07) is 13.0. The third-order valence-corrected chi connectivity index (χ3v) is 5.68. The number of rotatable bonds is 6. The van der Waals surface area contributed by atoms with Crippen molar-refractivity contribution >= 4 is 26.5 Å². The van der Waals surface area contributed by atoms with Gasteiger partial charge in [0, 0.05) is 13.6 Å². The smallest absolute Gasteiger partial charge is 0.464 e. The Hall–Kier alpha value is -2.58. The number of hydrogen-bond donors (Lipinski definition) is 0. The number of halogens is 3. The van der Waals surface area contributed by atoms with Crippen molar-refractivity contribution in [1.29, 1.82) is 0 Å². The minimum absolute atomic E-state index is 0.149. The van der Waals surface area contributed by atoms with E-state index in [0.717, 1.165) is 16.0 Å². The van der Waals surface area contributed by atoms with E-state index in [1.807, 2.05) is 30.9 Å². The molecule has 1 atom stereocenters. The minimum Gasteiger partial charge on any atom is -0.464 e. The molecule has 0 N–H and O–H groups in total. The number of ether oxygens (including phenoxy) is 2. The topological polar surface area (TPSA) is 66.2 Å². The molecule has 6 nitrogen and oxygen atoms in total. The molecule has 0 saturated carbocycles. The second-order valence-electron chi connectivity index (χ2n) is 5.57. The summed E-state index contributed by atoms with van der Waals surface area (Å²) >= 11 is 1.33. The molecule has 0 saturated heterocycles. The van der Waals surface area contributed by atoms with Gasteiger partial charge in [0.25, 0.3) is 0 Å². The molecule has 152 valence electrons. The van der Waals surface area contributed by atoms with E-state index in [0.29, 0.717) is 5.03 Å². The fraction of sp³-hybridized carbons (Fsp3) is 0.167. The van der Waals surface area contributed by atoms with Crippen LogP contribution in [0, 0.1) is 0 Å². The fourth-order valence-corrected chi connectivity index (χ4v) is 4.11. The molecule has 1 aromatic heterocycles. The number of benzene rings is 2. The number of nitrogens with zero attached hydrogens (tertiary/aromatic N) is 3. The number of esters is 1. The Balaban J connectivity index is 1.78. The Morgan fingerprint density at radius 3 is 2.17 bits per heavy atom. The first-order chi connectivity index (χ1) is 13.8. The third-order valence-electron chi connectivity index (χ3n) is 3.71. The Bertz CT molecular complexity index is 992. The van der Waals surface area contributed by atoms with Crippen molar-refractivity contribution < 1.29 is 27.4 Å². The van der Waals surface area contributed by atoms with Gasteiger partial charge < -0.3 is 9.47 Å². The molecule has 29 heavy (non-hydrogen) atoms. The molecular formula is C18H15F3N3O3PS. The van der Waals surface area contributed by atoms with Crippen LogP contribution in [0.5, 0.6) is 5.75 Å². The number of carbonyl (C=O) groups excluding carboxylic acids is 1. The summed E-state index contributed by atoms with van der Waals surface area (Å²) in [5, 5.41) is 8.43. The highest BCUT2D eigenvalue weighted by molar-refractivity contribution is 7.99. The zero-order valence-corrected chi connectivity index (χ0v) is 17.0. The van der Waals surface area contributed by atoms with Crippen LogP contribution in [0.3, 0.4) is 0 Å². The van der Waals surface area contributed by atoms with Crippen LogP contribution in [0.1, 0.15) is 10.5 Å². The third kappa shape index (κ3) is 5.27. The van der Waals surface area contributed by atoms with Gasteiger partial charge in [-0.25, -0.2) is 9.25 Å². The van der Waals surface area contributed by atoms with E-state index in [4.69, 9.17) is 4.74 Å². The first-order valence-electron chi connectivity index (χ1n) is 8.16. The SMILES string of the molecule is COC(=O)c1nnn(PC)c1Sc1ccc(-c2ccc(OC(F)(F)F)cc2)cc1. The lowest BCUT2D eigenvalue weighted by molar-refractivity contribution is -0.274. The molecule has 0 aliphatic carbocycles. The van der Waals surface area contributed by atoms with E-state index in [1.54, 1.807) is 16.6 Å². The molecule has 1 heterocycles. The molecule has 0 bridgehead atoms. The van der Waals surface area contributed by atoms with Crippen LogP contribution in [0.4, 0.5) is 13.2 Å². The Kier molecular flexibility index (Phi) is 6.44. The fourth-order valence-electron chi connectivity index (χ4n) is 2.41. The molecule has 3 rings (SSSR count). The maximum Gasteiger partial charge on any atom is 0.573 e. The van der Waals surface area contributed by atoms with Crippen LogP contribution in [0.25, 0.3) is 11.1 Å². The van der Waals surface area contributed by atoms with Gasteiger partial charge in [-0.15, -0.1) is 18.3 Å². The van der Waals surface area contributed by atoms with Gasteiger partial charge in [-0.2, -0.15) is 0 Å². The van der Waals surface area contributed by atoms with Gasteiger partial charge in [0.15, 0.2) is 0 Å². The normalized spacial score (nSPS) is 11.8. The number of carbonyl (C=O) groups is 1. The predicted octanol–water partition coefficient (Wildman–Crippen LogP) is 4.85. The first-order valence-corrected chi connectivity index (χ1v) is 10.4. The Morgan fingerprint density at radius 1 is 1.07 bits per heavy atom. The molecule has 0 spiro atoms. The summed E-state index contributed by atoms with van der Waals surface area (Å²) in [6.07, 6.45) is -4.72. The van der Waals surface area contributed by atoms with Crippen molar-refractivity contribution in [3.8, 4) is 16.9 Å². The summed E-state index contributed by atoms with van der Waals surface area (Å²) in [7, 11) is 1.57. The van der Waals surface area contributed by atoms with Crippen LogP contribution in [-0.4, -0.2) is 40.9 Å². The number of methoxy groups -OCH3 is 1. The number of alkyl halides is 3. The summed E-state index contributed by atoms with van der Waals surface area (Å²) < 4.78 is 47.0. The van der Waals surface area contributed by atoms with E-state index < -0.39 is 12.3 Å². The molecule has 0 amide bonds. The van der Waals surface area contributed by atoms with Crippen LogP contribution in [0.15, 0.2) is 58.5 Å². The lowest BCUT2D eigenvalue weighted by Crippen LogP contribution is -2.16. The predicted molar refractivity (Wildman–Crippen MR) is 104 cm³/mol. The molecule has 0 aliphatic heterocycles. The molecular weight excluding hydrogens is 426 g/mol. The summed E-state index contributed by atoms with van der Waals surface area (Å²) in [5.41, 5.74) is 1.72. The van der Waals surface area contributed by atoms with Crippen molar-refractivity contribution in [2.24, 2.45) is 0 Å². The van der Waals surface area contributed by atoms with Crippen molar-refractivity contribution in [3.63, 3.8) is 0 Å². The van der Waals surface area contributed by atoms with Gasteiger partial charge in [0.1, 0.15) is 10.8 Å². The highest BCUT2D eigenvalue weighted by atomic mass is 32.2. The van der Waals surface area contributed by atoms with Gasteiger partial charge in [-0.05, 0) is 42.1 Å². The number of aromatic nitrogens is 3. The van der Waals surface area contributed by atoms with Gasteiger partial charge in [-0.1, -0.05) is 41.2 Å². The van der Waals surface area contributed by atoms with Gasteiger partial charge in [0.2, 0.25) is 5.69 Å². The zero-order valence-electron chi connectivity index (χ0n) is 15.2. The van der Waals surface area contributed by atoms with E-state index >= 15 is 0 Å². The lowest BCUT2D eigenvalue weighted by atomic mass is 10.1. The average molecular weight is 441 g/mol. The van der Waals surface area contributed by atoms with Crippen LogP contribution in [-0.2, 0) is 4.74 Å². The van der Waals surface area contributed by atoms with Gasteiger partial charge >= 0.3 is 12.3 Å². The van der Waals surface area contributed by atoms with Crippen LogP contribution in [0.2, 0.25) is 0 Å². The van der Waals surface area contributed by atoms with E-state index in [-0.39, 0.29) is 20.2 Å². The van der Waals surface area contributed by atoms with E-state index in [9.17, 15) is 18.0 Å². The van der Waals surface area contributed by atoms with Crippen molar-refractivity contribution in [1.82, 2.24) is 14.8 Å². The maximum absolute atomic E-state index is 12.3. The standard InChI is InChI=1S/C18H15F3N3O3PS/c1-26-17(25)15-16(24(28-2)23-22-15)29-14-9-5-12(6-10-14)11-3-7-13(8-4-11)27-18(19,20)21/h3-10,28H,1-2H3. The van der Waals surface area contributed by atoms with Crippen molar-refractivity contribution in [2.45, 2.75) is 16.3 Å². The largest absolute Gasteiger partial charge is 0.573 e. The highest BCUT2D eigenvalue weighted by Crippen LogP contribution is 2.34. The molecule has 0 aliphatic rings. The number of hydrogen-bond acceptors (Lipinski definition) is 6. The quantitative estimate of drug-likeness (QED) is 0.402. The second kappa shape index (κ2) is 8.84. The molecule has 0 fully saturated rings. The second-order valence-corrected chi connectivity index (χ2v) is 7.50. The molecule has 0 radical (unpaired) electrons. The van der Waals surface area contributed by atoms with Crippen LogP contribution >= 0.6 is 20.5 Å². The monoisotopic (exact) mass is 441 g/mol. The molecule has 1 unspecified atom stereocenters. The van der Waals surface area contributed by atoms with E-state index in [1.165, 1.54) is 31.0 Å². The Labute approximate surface area is 170 Å². The van der Waals surface area contributed by atoms with Gasteiger partial charge in [0.05, 0.1) is 7.11 Å². The maximum atomic E-state index is 12.3. The molecule has 11 heteroatoms. The van der Waals surface area contributed by atoms with E-state index in [2.05, 4.69) is 15.0 Å². The zero-order chi connectivity index (χ0) is 21.0. The van der Waals surface area contributed by atoms with Gasteiger partial charge in [-0.3, -0.25) is 0 Å². The molecule has 3 aromatic rings. The average Bonchev–Trinajstić information content (AvgIpc) is 3.10. The Morgan fingerprint density at radius 2 is 1.66 bits per heavy atom. The van der Waals surface area contributed by atoms with Crippen molar-refractivity contribution in [2.75, 3.05) is 13.8 Å². The van der Waals surface area contributed by atoms with Crippen LogP contribution < -0.4 is 4.74 Å². The highest BCUT2D eigenvalue weighted by Gasteiger charge is 2.31. The summed E-state index contributed by atoms with van der Waals surface area (Å²) in [5.74, 6) is -0.834. The molecule has 2 aromatic carbocycles. The summed E-state index contributed by atoms with van der Waals surface area (Å²) in [4.78, 5) is 12.7. The first kappa shape index (κ1) is 21.1. The summed E-state index contributed by atoms with van der Waals surface area (Å²) in [6.45, 7) is 1.91. The lowest BCUT2D eigenvalue weighted by Gasteiger charge is -2.10. The minimum atomic E-state index is -4.72.